The van der Waals surface area contributed by atoms with E-state index in [1.165, 1.54) is 17.4 Å². The predicted molar refractivity (Wildman–Crippen MR) is 87.5 cm³/mol. The normalized spacial score (nSPS) is 12.5. The molecule has 3 aromatic rings. The van der Waals surface area contributed by atoms with Crippen molar-refractivity contribution < 1.29 is 13.6 Å². The van der Waals surface area contributed by atoms with E-state index in [9.17, 15) is 18.8 Å². The number of Topliss-reactive ketones (excluding diaryl/α,β-unsaturated/α-hetero) is 1. The molecule has 0 N–H and O–H groups in total. The number of rotatable bonds is 4. The highest BCUT2D eigenvalue weighted by Crippen LogP contribution is 2.31. The molecule has 0 aliphatic heterocycles. The molecule has 0 bridgehead atoms. The molecule has 0 aliphatic carbocycles. The van der Waals surface area contributed by atoms with Crippen LogP contribution in [0.4, 0.5) is 8.78 Å². The molecule has 0 saturated heterocycles. The topological polar surface area (TPSA) is 58.7 Å². The molecule has 1 aromatic carbocycles. The van der Waals surface area contributed by atoms with Gasteiger partial charge in [0.2, 0.25) is 0 Å². The number of ketones is 1. The molecule has 7 heteroatoms. The lowest BCUT2D eigenvalue weighted by atomic mass is 10.0. The molecule has 0 radical (unpaired) electrons. The molecule has 2 aromatic heterocycles. The molecule has 3 rings (SSSR count). The van der Waals surface area contributed by atoms with Gasteiger partial charge in [-0.25, -0.2) is 4.98 Å². The van der Waals surface area contributed by atoms with E-state index in [1.807, 2.05) is 19.9 Å². The Morgan fingerprint density at radius 1 is 1.33 bits per heavy atom. The molecule has 4 nitrogen and oxygen atoms in total. The molecule has 0 aliphatic rings. The van der Waals surface area contributed by atoms with Crippen LogP contribution in [0.2, 0.25) is 0 Å². The molecular weight excluding hydrogens is 332 g/mol. The van der Waals surface area contributed by atoms with Crippen LogP contribution < -0.4 is 0 Å². The molecule has 2 heterocycles. The minimum atomic E-state index is -2.89. The van der Waals surface area contributed by atoms with Crippen LogP contribution in [0.15, 0.2) is 30.3 Å². The fraction of sp³-hybridized carbons (Fsp3) is 0.235. The van der Waals surface area contributed by atoms with Crippen molar-refractivity contribution in [2.24, 2.45) is 0 Å². The average molecular weight is 345 g/mol. The van der Waals surface area contributed by atoms with Crippen LogP contribution in [0.3, 0.4) is 0 Å². The van der Waals surface area contributed by atoms with Crippen molar-refractivity contribution in [3.8, 4) is 6.07 Å². The van der Waals surface area contributed by atoms with Gasteiger partial charge in [0.25, 0.3) is 0 Å². The van der Waals surface area contributed by atoms with Crippen LogP contribution in [0.25, 0.3) is 11.0 Å². The van der Waals surface area contributed by atoms with Gasteiger partial charge in [-0.2, -0.15) is 14.0 Å². The Balaban J connectivity index is 2.15. The zero-order chi connectivity index (χ0) is 17.4. The van der Waals surface area contributed by atoms with Crippen LogP contribution >= 0.6 is 11.3 Å². The SMILES string of the molecule is Cc1cc(C(=O)[C@H](C#N)c2nc3ccccc3n2C(F)F)sc1C. The van der Waals surface area contributed by atoms with Crippen molar-refractivity contribution in [3.05, 3.63) is 51.5 Å². The molecular formula is C17H13F2N3OS. The van der Waals surface area contributed by atoms with Gasteiger partial charge in [-0.15, -0.1) is 11.3 Å². The lowest BCUT2D eigenvalue weighted by Crippen LogP contribution is -2.16. The van der Waals surface area contributed by atoms with Crippen molar-refractivity contribution in [3.63, 3.8) is 0 Å². The number of aryl methyl sites for hydroxylation is 2. The van der Waals surface area contributed by atoms with E-state index in [0.717, 1.165) is 10.4 Å². The first kappa shape index (κ1) is 16.3. The number of para-hydroxylation sites is 2. The molecule has 122 valence electrons. The zero-order valence-electron chi connectivity index (χ0n) is 13.0. The van der Waals surface area contributed by atoms with Gasteiger partial charge in [0.15, 0.2) is 11.7 Å². The second-order valence-electron chi connectivity index (χ2n) is 5.38. The van der Waals surface area contributed by atoms with E-state index in [-0.39, 0.29) is 11.3 Å². The molecule has 0 spiro atoms. The number of imidazole rings is 1. The second kappa shape index (κ2) is 6.13. The van der Waals surface area contributed by atoms with Crippen LogP contribution in [0.5, 0.6) is 0 Å². The number of fused-ring (bicyclic) bond motifs is 1. The summed E-state index contributed by atoms with van der Waals surface area (Å²) in [7, 11) is 0. The number of thiophene rings is 1. The maximum atomic E-state index is 13.5. The number of carbonyl (C=O) groups excluding carboxylic acids is 1. The summed E-state index contributed by atoms with van der Waals surface area (Å²) in [6.07, 6.45) is 0. The summed E-state index contributed by atoms with van der Waals surface area (Å²) in [5.41, 5.74) is 1.47. The van der Waals surface area contributed by atoms with E-state index >= 15 is 0 Å². The van der Waals surface area contributed by atoms with Crippen LogP contribution in [-0.2, 0) is 0 Å². The van der Waals surface area contributed by atoms with Gasteiger partial charge in [-0.05, 0) is 37.6 Å². The maximum Gasteiger partial charge on any atom is 0.320 e. The van der Waals surface area contributed by atoms with Crippen LogP contribution in [0.1, 0.15) is 38.4 Å². The number of nitriles is 1. The Labute approximate surface area is 141 Å². The van der Waals surface area contributed by atoms with Gasteiger partial charge in [-0.3, -0.25) is 9.36 Å². The monoisotopic (exact) mass is 345 g/mol. The minimum absolute atomic E-state index is 0.203. The minimum Gasteiger partial charge on any atom is -0.291 e. The highest BCUT2D eigenvalue weighted by Gasteiger charge is 2.31. The average Bonchev–Trinajstić information content (AvgIpc) is 3.08. The summed E-state index contributed by atoms with van der Waals surface area (Å²) in [5.74, 6) is -2.10. The summed E-state index contributed by atoms with van der Waals surface area (Å²) in [6, 6.07) is 9.88. The van der Waals surface area contributed by atoms with E-state index in [1.54, 1.807) is 24.3 Å². The number of hydrogen-bond acceptors (Lipinski definition) is 4. The van der Waals surface area contributed by atoms with E-state index in [0.29, 0.717) is 15.0 Å². The Hall–Kier alpha value is -2.59. The summed E-state index contributed by atoms with van der Waals surface area (Å²) in [6.45, 7) is 0.841. The van der Waals surface area contributed by atoms with Crippen molar-refractivity contribution in [1.29, 1.82) is 5.26 Å². The molecule has 0 saturated carbocycles. The number of carbonyl (C=O) groups is 1. The number of nitrogens with zero attached hydrogens (tertiary/aromatic N) is 3. The van der Waals surface area contributed by atoms with Crippen molar-refractivity contribution in [1.82, 2.24) is 9.55 Å². The predicted octanol–water partition coefficient (Wildman–Crippen LogP) is 4.60. The third-order valence-electron chi connectivity index (χ3n) is 3.88. The fourth-order valence-electron chi connectivity index (χ4n) is 2.54. The van der Waals surface area contributed by atoms with Crippen molar-refractivity contribution in [2.45, 2.75) is 26.3 Å². The van der Waals surface area contributed by atoms with Gasteiger partial charge in [-0.1, -0.05) is 12.1 Å². The Morgan fingerprint density at radius 2 is 2.04 bits per heavy atom. The lowest BCUT2D eigenvalue weighted by Gasteiger charge is -2.10. The largest absolute Gasteiger partial charge is 0.320 e. The lowest BCUT2D eigenvalue weighted by molar-refractivity contribution is 0.0701. The quantitative estimate of drug-likeness (QED) is 0.649. The maximum absolute atomic E-state index is 13.5. The first-order chi connectivity index (χ1) is 11.4. The van der Waals surface area contributed by atoms with Gasteiger partial charge in [0.1, 0.15) is 5.82 Å². The molecule has 24 heavy (non-hydrogen) atoms. The second-order valence-corrected chi connectivity index (χ2v) is 6.64. The Bertz CT molecular complexity index is 949. The number of halogens is 2. The van der Waals surface area contributed by atoms with Gasteiger partial charge in [0.05, 0.1) is 22.0 Å². The third-order valence-corrected chi connectivity index (χ3v) is 5.04. The number of benzene rings is 1. The molecule has 0 unspecified atom stereocenters. The summed E-state index contributed by atoms with van der Waals surface area (Å²) < 4.78 is 27.7. The summed E-state index contributed by atoms with van der Waals surface area (Å²) in [5, 5.41) is 9.45. The standard InChI is InChI=1S/C17H13F2N3OS/c1-9-7-14(24-10(9)2)15(23)11(8-20)16-21-12-5-3-4-6-13(12)22(16)17(18)19/h3-7,11,17H,1-2H3/t11-/m0/s1. The molecule has 1 atom stereocenters. The fourth-order valence-corrected chi connectivity index (χ4v) is 3.55. The van der Waals surface area contributed by atoms with Gasteiger partial charge >= 0.3 is 6.55 Å². The molecule has 0 amide bonds. The highest BCUT2D eigenvalue weighted by atomic mass is 32.1. The zero-order valence-corrected chi connectivity index (χ0v) is 13.8. The van der Waals surface area contributed by atoms with Crippen LogP contribution in [-0.4, -0.2) is 15.3 Å². The first-order valence-electron chi connectivity index (χ1n) is 7.20. The highest BCUT2D eigenvalue weighted by molar-refractivity contribution is 7.14. The smallest absolute Gasteiger partial charge is 0.291 e. The number of alkyl halides is 2. The van der Waals surface area contributed by atoms with Gasteiger partial charge in [0, 0.05) is 4.88 Å². The Morgan fingerprint density at radius 3 is 2.62 bits per heavy atom. The summed E-state index contributed by atoms with van der Waals surface area (Å²) >= 11 is 1.26. The van der Waals surface area contributed by atoms with E-state index < -0.39 is 18.3 Å². The Kier molecular flexibility index (Phi) is 4.16. The van der Waals surface area contributed by atoms with Crippen LogP contribution in [0, 0.1) is 25.2 Å². The van der Waals surface area contributed by atoms with E-state index in [4.69, 9.17) is 0 Å². The number of hydrogen-bond donors (Lipinski definition) is 0. The first-order valence-corrected chi connectivity index (χ1v) is 8.01. The van der Waals surface area contributed by atoms with Crippen molar-refractivity contribution >= 4 is 28.2 Å². The number of aromatic nitrogens is 2. The van der Waals surface area contributed by atoms with Crippen molar-refractivity contribution in [2.75, 3.05) is 0 Å². The van der Waals surface area contributed by atoms with Gasteiger partial charge < -0.3 is 0 Å². The van der Waals surface area contributed by atoms with E-state index in [2.05, 4.69) is 4.98 Å². The third kappa shape index (κ3) is 2.59. The summed E-state index contributed by atoms with van der Waals surface area (Å²) in [4.78, 5) is 18.1. The molecule has 0 fully saturated rings.